The minimum absolute atomic E-state index is 0.0522. The third-order valence-electron chi connectivity index (χ3n) is 6.68. The van der Waals surface area contributed by atoms with Gasteiger partial charge in [0.1, 0.15) is 5.82 Å². The van der Waals surface area contributed by atoms with Crippen molar-refractivity contribution < 1.29 is 13.2 Å². The van der Waals surface area contributed by atoms with Gasteiger partial charge in [-0.25, -0.2) is 13.2 Å². The van der Waals surface area contributed by atoms with Crippen LogP contribution in [0.4, 0.5) is 13.2 Å². The van der Waals surface area contributed by atoms with Crippen LogP contribution in [0.5, 0.6) is 0 Å². The van der Waals surface area contributed by atoms with Crippen molar-refractivity contribution in [2.45, 2.75) is 71.1 Å². The second kappa shape index (κ2) is 8.27. The number of unbranched alkanes of at least 4 members (excludes halogenated alkanes) is 2. The Bertz CT molecular complexity index is 985. The maximum Gasteiger partial charge on any atom is 0.167 e. The van der Waals surface area contributed by atoms with Gasteiger partial charge in [-0.2, -0.15) is 0 Å². The van der Waals surface area contributed by atoms with Crippen LogP contribution in [-0.2, 0) is 0 Å². The molecule has 0 heterocycles. The van der Waals surface area contributed by atoms with Crippen molar-refractivity contribution >= 4 is 0 Å². The normalized spacial score (nSPS) is 19.6. The monoisotopic (exact) mass is 396 g/mol. The van der Waals surface area contributed by atoms with Crippen molar-refractivity contribution in [2.75, 3.05) is 0 Å². The molecule has 4 rings (SSSR count). The number of hydrogen-bond acceptors (Lipinski definition) is 0. The molecule has 2 aliphatic carbocycles. The number of hydrogen-bond donors (Lipinski definition) is 0. The molecular weight excluding hydrogens is 369 g/mol. The molecule has 0 atom stereocenters. The van der Waals surface area contributed by atoms with Crippen LogP contribution in [0.2, 0.25) is 0 Å². The third kappa shape index (κ3) is 3.48. The molecule has 0 aromatic heterocycles. The summed E-state index contributed by atoms with van der Waals surface area (Å²) in [5.41, 5.74) is 2.23. The Labute approximate surface area is 171 Å². The second-order valence-corrected chi connectivity index (χ2v) is 8.45. The van der Waals surface area contributed by atoms with E-state index in [1.807, 2.05) is 0 Å². The summed E-state index contributed by atoms with van der Waals surface area (Å²) >= 11 is 0. The van der Waals surface area contributed by atoms with Crippen molar-refractivity contribution in [1.82, 2.24) is 0 Å². The molecule has 29 heavy (non-hydrogen) atoms. The van der Waals surface area contributed by atoms with E-state index in [0.717, 1.165) is 25.7 Å². The second-order valence-electron chi connectivity index (χ2n) is 8.45. The average Bonchev–Trinajstić information content (AvgIpc) is 2.71. The first kappa shape index (κ1) is 20.1. The van der Waals surface area contributed by atoms with Gasteiger partial charge in [0.05, 0.1) is 5.56 Å². The van der Waals surface area contributed by atoms with Gasteiger partial charge in [-0.05, 0) is 73.3 Å². The van der Waals surface area contributed by atoms with Gasteiger partial charge >= 0.3 is 0 Å². The van der Waals surface area contributed by atoms with Gasteiger partial charge in [0.25, 0.3) is 0 Å². The maximum absolute atomic E-state index is 15.0. The van der Waals surface area contributed by atoms with Gasteiger partial charge in [0.15, 0.2) is 11.6 Å². The zero-order valence-corrected chi connectivity index (χ0v) is 17.2. The van der Waals surface area contributed by atoms with E-state index in [0.29, 0.717) is 22.6 Å². The van der Waals surface area contributed by atoms with Crippen molar-refractivity contribution in [3.63, 3.8) is 0 Å². The Kier molecular flexibility index (Phi) is 5.72. The summed E-state index contributed by atoms with van der Waals surface area (Å²) in [5.74, 6) is 3.86. The van der Waals surface area contributed by atoms with Crippen LogP contribution in [0, 0.1) is 35.2 Å². The molecule has 0 amide bonds. The van der Waals surface area contributed by atoms with Gasteiger partial charge in [-0.3, -0.25) is 0 Å². The molecule has 1 fully saturated rings. The molecule has 152 valence electrons. The van der Waals surface area contributed by atoms with Gasteiger partial charge in [0.2, 0.25) is 0 Å². The van der Waals surface area contributed by atoms with Crippen LogP contribution in [0.1, 0.15) is 82.3 Å². The molecule has 0 spiro atoms. The van der Waals surface area contributed by atoms with Crippen molar-refractivity contribution in [3.8, 4) is 34.1 Å². The summed E-state index contributed by atoms with van der Waals surface area (Å²) in [4.78, 5) is 0. The molecule has 1 saturated carbocycles. The summed E-state index contributed by atoms with van der Waals surface area (Å²) in [5, 5.41) is 0. The minimum atomic E-state index is -0.907. The van der Waals surface area contributed by atoms with E-state index in [4.69, 9.17) is 0 Å². The first-order chi connectivity index (χ1) is 14.1. The number of halogens is 3. The van der Waals surface area contributed by atoms with Crippen molar-refractivity contribution in [3.05, 3.63) is 46.8 Å². The highest BCUT2D eigenvalue weighted by Gasteiger charge is 2.35. The van der Waals surface area contributed by atoms with E-state index in [1.54, 1.807) is 25.1 Å². The highest BCUT2D eigenvalue weighted by Crippen LogP contribution is 2.53. The summed E-state index contributed by atoms with van der Waals surface area (Å²) in [6.45, 7) is 3.83. The molecule has 0 N–H and O–H groups in total. The average molecular weight is 396 g/mol. The van der Waals surface area contributed by atoms with Crippen molar-refractivity contribution in [2.24, 2.45) is 5.92 Å². The highest BCUT2D eigenvalue weighted by molar-refractivity contribution is 6.03. The zero-order chi connectivity index (χ0) is 20.5. The fourth-order valence-electron chi connectivity index (χ4n) is 5.06. The number of benzene rings is 2. The van der Waals surface area contributed by atoms with E-state index in [-0.39, 0.29) is 22.6 Å². The van der Waals surface area contributed by atoms with E-state index in [1.165, 1.54) is 25.7 Å². The lowest BCUT2D eigenvalue weighted by molar-refractivity contribution is 0.298. The van der Waals surface area contributed by atoms with Crippen LogP contribution in [0.3, 0.4) is 0 Å². The Morgan fingerprint density at radius 2 is 1.62 bits per heavy atom. The topological polar surface area (TPSA) is 0 Å². The highest BCUT2D eigenvalue weighted by atomic mass is 19.2. The molecule has 2 aliphatic rings. The smallest absolute Gasteiger partial charge is 0.167 e. The molecule has 0 aliphatic heterocycles. The van der Waals surface area contributed by atoms with Crippen LogP contribution in [0.15, 0.2) is 18.2 Å². The van der Waals surface area contributed by atoms with Crippen LogP contribution < -0.4 is 0 Å². The standard InChI is InChI=1S/C26H27F3/c1-3-5-6-8-16-9-11-17(12-10-16)20-15-21-19-14-13-18(7-4-2)24(27)22(19)23(21)26(29)25(20)28/h13-17H,3,5-6,8-12H2,1-2H3. The third-order valence-corrected chi connectivity index (χ3v) is 6.68. The molecule has 0 saturated heterocycles. The Hall–Kier alpha value is -2.21. The first-order valence-electron chi connectivity index (χ1n) is 10.8. The van der Waals surface area contributed by atoms with E-state index >= 15 is 0 Å². The Morgan fingerprint density at radius 3 is 2.31 bits per heavy atom. The molecular formula is C26H27F3. The van der Waals surface area contributed by atoms with Gasteiger partial charge < -0.3 is 0 Å². The van der Waals surface area contributed by atoms with Gasteiger partial charge in [0, 0.05) is 11.1 Å². The summed E-state index contributed by atoms with van der Waals surface area (Å²) in [6, 6.07) is 5.16. The van der Waals surface area contributed by atoms with Crippen LogP contribution >= 0.6 is 0 Å². The lowest BCUT2D eigenvalue weighted by atomic mass is 9.73. The van der Waals surface area contributed by atoms with Gasteiger partial charge in [-0.15, -0.1) is 5.92 Å². The first-order valence-corrected chi connectivity index (χ1v) is 10.8. The van der Waals surface area contributed by atoms with Crippen LogP contribution in [-0.4, -0.2) is 0 Å². The van der Waals surface area contributed by atoms with Gasteiger partial charge in [-0.1, -0.05) is 44.6 Å². The van der Waals surface area contributed by atoms with E-state index in [9.17, 15) is 13.2 Å². The Balaban J connectivity index is 1.58. The van der Waals surface area contributed by atoms with Crippen LogP contribution in [0.25, 0.3) is 22.3 Å². The summed E-state index contributed by atoms with van der Waals surface area (Å²) < 4.78 is 44.6. The minimum Gasteiger partial charge on any atom is -0.205 e. The molecule has 0 bridgehead atoms. The SMILES string of the molecule is CC#Cc1ccc2c(c1F)-c1c-2cc(C2CCC(CCCCC)CC2)c(F)c1F. The lowest BCUT2D eigenvalue weighted by Gasteiger charge is -2.32. The fourth-order valence-corrected chi connectivity index (χ4v) is 5.06. The van der Waals surface area contributed by atoms with Crippen molar-refractivity contribution in [1.29, 1.82) is 0 Å². The van der Waals surface area contributed by atoms with E-state index in [2.05, 4.69) is 18.8 Å². The molecule has 0 radical (unpaired) electrons. The summed E-state index contributed by atoms with van der Waals surface area (Å²) in [7, 11) is 0. The quantitative estimate of drug-likeness (QED) is 0.303. The molecule has 3 heteroatoms. The summed E-state index contributed by atoms with van der Waals surface area (Å²) in [6.07, 6.45) is 8.97. The fraction of sp³-hybridized carbons (Fsp3) is 0.462. The number of fused-ring (bicyclic) bond motifs is 4. The predicted octanol–water partition coefficient (Wildman–Crippen LogP) is 7.98. The lowest BCUT2D eigenvalue weighted by Crippen LogP contribution is -2.17. The number of rotatable bonds is 5. The van der Waals surface area contributed by atoms with E-state index < -0.39 is 17.5 Å². The maximum atomic E-state index is 15.0. The zero-order valence-electron chi connectivity index (χ0n) is 17.2. The largest absolute Gasteiger partial charge is 0.205 e. The molecule has 2 aromatic rings. The molecule has 0 unspecified atom stereocenters. The molecule has 0 nitrogen and oxygen atoms in total. The predicted molar refractivity (Wildman–Crippen MR) is 112 cm³/mol. The Morgan fingerprint density at radius 1 is 0.897 bits per heavy atom. The molecule has 2 aromatic carbocycles.